The molecule has 6 nitrogen and oxygen atoms in total. The lowest BCUT2D eigenvalue weighted by atomic mass is 9.99. The Morgan fingerprint density at radius 1 is 1.35 bits per heavy atom. The summed E-state index contributed by atoms with van der Waals surface area (Å²) in [6.07, 6.45) is 4.46. The fraction of sp³-hybridized carbons (Fsp3) is 0.235. The van der Waals surface area contributed by atoms with Gasteiger partial charge in [0.05, 0.1) is 6.20 Å². The number of amides is 2. The summed E-state index contributed by atoms with van der Waals surface area (Å²) < 4.78 is 0. The number of carbonyl (C=O) groups excluding carboxylic acids is 1. The quantitative estimate of drug-likeness (QED) is 0.726. The first-order chi connectivity index (χ1) is 11.2. The van der Waals surface area contributed by atoms with E-state index < -0.39 is 0 Å². The normalized spacial score (nSPS) is 13.9. The van der Waals surface area contributed by atoms with Gasteiger partial charge in [0.1, 0.15) is 0 Å². The van der Waals surface area contributed by atoms with Crippen molar-refractivity contribution in [3.63, 3.8) is 0 Å². The summed E-state index contributed by atoms with van der Waals surface area (Å²) in [7, 11) is 0. The molecule has 1 aromatic carbocycles. The van der Waals surface area contributed by atoms with E-state index in [4.69, 9.17) is 0 Å². The Morgan fingerprint density at radius 2 is 2.26 bits per heavy atom. The van der Waals surface area contributed by atoms with Gasteiger partial charge in [0.2, 0.25) is 0 Å². The van der Waals surface area contributed by atoms with Crippen molar-refractivity contribution < 1.29 is 4.79 Å². The van der Waals surface area contributed by atoms with E-state index in [0.717, 1.165) is 34.3 Å². The zero-order chi connectivity index (χ0) is 15.8. The molecular formula is C17H17N5O. The van der Waals surface area contributed by atoms with Crippen LogP contribution in [0.1, 0.15) is 16.7 Å². The second kappa shape index (κ2) is 5.39. The predicted molar refractivity (Wildman–Crippen MR) is 88.2 cm³/mol. The summed E-state index contributed by atoms with van der Waals surface area (Å²) in [5.74, 6) is 0. The van der Waals surface area contributed by atoms with E-state index in [9.17, 15) is 4.79 Å². The topological polar surface area (TPSA) is 73.9 Å². The minimum absolute atomic E-state index is 0.0754. The lowest BCUT2D eigenvalue weighted by Gasteiger charge is -2.29. The third-order valence-corrected chi connectivity index (χ3v) is 4.23. The molecule has 0 unspecified atom stereocenters. The predicted octanol–water partition coefficient (Wildman–Crippen LogP) is 2.86. The zero-order valence-electron chi connectivity index (χ0n) is 12.8. The standard InChI is InChI=1S/C17H17N5O/c1-11-3-2-4-13(7-11)20-17(23)22-6-5-14-12(10-22)8-18-16-15(14)9-19-21-16/h2-4,7-9H,5-6,10H2,1H3,(H,20,23)(H,18,19,21). The maximum absolute atomic E-state index is 12.5. The molecule has 1 aliphatic rings. The summed E-state index contributed by atoms with van der Waals surface area (Å²) in [4.78, 5) is 18.7. The number of pyridine rings is 1. The van der Waals surface area contributed by atoms with Crippen LogP contribution in [-0.2, 0) is 13.0 Å². The number of nitrogens with zero attached hydrogens (tertiary/aromatic N) is 3. The third kappa shape index (κ3) is 2.52. The largest absolute Gasteiger partial charge is 0.322 e. The Labute approximate surface area is 133 Å². The summed E-state index contributed by atoms with van der Waals surface area (Å²) in [5.41, 5.74) is 5.08. The molecule has 0 fully saturated rings. The molecule has 0 spiro atoms. The Hall–Kier alpha value is -2.89. The van der Waals surface area contributed by atoms with Gasteiger partial charge in [-0.3, -0.25) is 5.10 Å². The Kier molecular flexibility index (Phi) is 3.22. The van der Waals surface area contributed by atoms with Gasteiger partial charge in [-0.15, -0.1) is 0 Å². The SMILES string of the molecule is Cc1cccc(NC(=O)N2CCc3c(cnc4[nH]ncc34)C2)c1. The van der Waals surface area contributed by atoms with Crippen LogP contribution in [0.25, 0.3) is 11.0 Å². The van der Waals surface area contributed by atoms with E-state index in [1.807, 2.05) is 48.5 Å². The van der Waals surface area contributed by atoms with Gasteiger partial charge in [-0.25, -0.2) is 9.78 Å². The first kappa shape index (κ1) is 13.8. The Bertz CT molecular complexity index is 886. The molecule has 6 heteroatoms. The minimum atomic E-state index is -0.0754. The molecule has 0 atom stereocenters. The summed E-state index contributed by atoms with van der Waals surface area (Å²) in [5, 5.41) is 11.0. The molecular weight excluding hydrogens is 290 g/mol. The Morgan fingerprint density at radius 3 is 3.13 bits per heavy atom. The highest BCUT2D eigenvalue weighted by Crippen LogP contribution is 2.25. The number of aryl methyl sites for hydroxylation is 1. The van der Waals surface area contributed by atoms with Crippen LogP contribution in [0.4, 0.5) is 10.5 Å². The third-order valence-electron chi connectivity index (χ3n) is 4.23. The molecule has 0 saturated heterocycles. The second-order valence-electron chi connectivity index (χ2n) is 5.87. The number of anilines is 1. The monoisotopic (exact) mass is 307 g/mol. The molecule has 0 saturated carbocycles. The molecule has 0 radical (unpaired) electrons. The van der Waals surface area contributed by atoms with Crippen molar-refractivity contribution in [2.45, 2.75) is 19.9 Å². The number of hydrogen-bond acceptors (Lipinski definition) is 3. The van der Waals surface area contributed by atoms with Gasteiger partial charge in [-0.05, 0) is 42.2 Å². The van der Waals surface area contributed by atoms with Crippen LogP contribution in [0.3, 0.4) is 0 Å². The van der Waals surface area contributed by atoms with Crippen molar-refractivity contribution >= 4 is 22.8 Å². The molecule has 3 aromatic rings. The summed E-state index contributed by atoms with van der Waals surface area (Å²) in [6.45, 7) is 3.27. The van der Waals surface area contributed by atoms with Gasteiger partial charge in [-0.2, -0.15) is 5.10 Å². The van der Waals surface area contributed by atoms with Gasteiger partial charge in [0.15, 0.2) is 5.65 Å². The average Bonchev–Trinajstić information content (AvgIpc) is 3.03. The van der Waals surface area contributed by atoms with Crippen LogP contribution in [0.2, 0.25) is 0 Å². The second-order valence-corrected chi connectivity index (χ2v) is 5.87. The number of rotatable bonds is 1. The molecule has 2 aromatic heterocycles. The van der Waals surface area contributed by atoms with E-state index in [1.54, 1.807) is 0 Å². The Balaban J connectivity index is 1.54. The zero-order valence-corrected chi connectivity index (χ0v) is 12.8. The molecule has 23 heavy (non-hydrogen) atoms. The maximum Gasteiger partial charge on any atom is 0.322 e. The smallest absolute Gasteiger partial charge is 0.320 e. The van der Waals surface area contributed by atoms with Crippen LogP contribution in [-0.4, -0.2) is 32.7 Å². The number of urea groups is 1. The highest BCUT2D eigenvalue weighted by molar-refractivity contribution is 5.90. The number of fused-ring (bicyclic) bond motifs is 3. The lowest BCUT2D eigenvalue weighted by Crippen LogP contribution is -2.39. The van der Waals surface area contributed by atoms with Crippen LogP contribution in [0.15, 0.2) is 36.7 Å². The van der Waals surface area contributed by atoms with E-state index >= 15 is 0 Å². The van der Waals surface area contributed by atoms with Gasteiger partial charge in [0, 0.05) is 30.4 Å². The number of aromatic amines is 1. The number of nitrogens with one attached hydrogen (secondary N) is 2. The summed E-state index contributed by atoms with van der Waals surface area (Å²) in [6, 6.07) is 7.74. The van der Waals surface area contributed by atoms with Crippen LogP contribution in [0.5, 0.6) is 0 Å². The van der Waals surface area contributed by atoms with Crippen molar-refractivity contribution in [1.82, 2.24) is 20.1 Å². The van der Waals surface area contributed by atoms with Crippen molar-refractivity contribution in [1.29, 1.82) is 0 Å². The van der Waals surface area contributed by atoms with Gasteiger partial charge < -0.3 is 10.2 Å². The van der Waals surface area contributed by atoms with E-state index in [2.05, 4.69) is 20.5 Å². The number of benzene rings is 1. The first-order valence-corrected chi connectivity index (χ1v) is 7.63. The van der Waals surface area contributed by atoms with E-state index in [-0.39, 0.29) is 6.03 Å². The molecule has 1 aliphatic heterocycles. The highest BCUT2D eigenvalue weighted by Gasteiger charge is 2.23. The van der Waals surface area contributed by atoms with Crippen LogP contribution >= 0.6 is 0 Å². The average molecular weight is 307 g/mol. The number of hydrogen-bond donors (Lipinski definition) is 2. The van der Waals surface area contributed by atoms with Crippen LogP contribution in [0, 0.1) is 6.92 Å². The highest BCUT2D eigenvalue weighted by atomic mass is 16.2. The number of H-pyrrole nitrogens is 1. The number of carbonyl (C=O) groups is 1. The molecule has 2 amide bonds. The number of aromatic nitrogens is 3. The molecule has 4 rings (SSSR count). The van der Waals surface area contributed by atoms with Crippen molar-refractivity contribution in [3.8, 4) is 0 Å². The van der Waals surface area contributed by atoms with Crippen molar-refractivity contribution in [2.75, 3.05) is 11.9 Å². The molecule has 0 aliphatic carbocycles. The van der Waals surface area contributed by atoms with E-state index in [1.165, 1.54) is 5.56 Å². The van der Waals surface area contributed by atoms with Gasteiger partial charge in [0.25, 0.3) is 0 Å². The molecule has 3 heterocycles. The van der Waals surface area contributed by atoms with Crippen LogP contribution < -0.4 is 5.32 Å². The van der Waals surface area contributed by atoms with Crippen molar-refractivity contribution in [2.24, 2.45) is 0 Å². The van der Waals surface area contributed by atoms with Gasteiger partial charge >= 0.3 is 6.03 Å². The fourth-order valence-corrected chi connectivity index (χ4v) is 3.05. The molecule has 116 valence electrons. The lowest BCUT2D eigenvalue weighted by molar-refractivity contribution is 0.206. The molecule has 2 N–H and O–H groups in total. The van der Waals surface area contributed by atoms with Crippen molar-refractivity contribution in [3.05, 3.63) is 53.3 Å². The van der Waals surface area contributed by atoms with Gasteiger partial charge in [-0.1, -0.05) is 12.1 Å². The molecule has 0 bridgehead atoms. The van der Waals surface area contributed by atoms with E-state index in [0.29, 0.717) is 13.1 Å². The first-order valence-electron chi connectivity index (χ1n) is 7.63. The maximum atomic E-state index is 12.5. The fourth-order valence-electron chi connectivity index (χ4n) is 3.05. The summed E-state index contributed by atoms with van der Waals surface area (Å²) >= 11 is 0. The minimum Gasteiger partial charge on any atom is -0.320 e.